The average molecular weight is 296 g/mol. The molecule has 0 aliphatic rings. The van der Waals surface area contributed by atoms with Crippen molar-refractivity contribution in [2.45, 2.75) is 0 Å². The number of halogens is 2. The van der Waals surface area contributed by atoms with E-state index in [-0.39, 0.29) is 5.91 Å². The summed E-state index contributed by atoms with van der Waals surface area (Å²) in [7, 11) is 1.76. The predicted molar refractivity (Wildman–Crippen MR) is 78.2 cm³/mol. The SMILES string of the molecule is CNc1ccc(C(=O)Nc2cc(Cl)cc(Cl)c2)cn1. The third-order valence-electron chi connectivity index (χ3n) is 2.40. The Hall–Kier alpha value is -1.78. The average Bonchev–Trinajstić information content (AvgIpc) is 2.37. The van der Waals surface area contributed by atoms with Crippen molar-refractivity contribution in [1.29, 1.82) is 0 Å². The summed E-state index contributed by atoms with van der Waals surface area (Å²) < 4.78 is 0. The largest absolute Gasteiger partial charge is 0.373 e. The number of aromatic nitrogens is 1. The first-order valence-corrected chi connectivity index (χ1v) is 6.25. The molecular formula is C13H11Cl2N3O. The summed E-state index contributed by atoms with van der Waals surface area (Å²) in [6, 6.07) is 8.25. The number of hydrogen-bond donors (Lipinski definition) is 2. The molecule has 0 saturated carbocycles. The van der Waals surface area contributed by atoms with Crippen molar-refractivity contribution in [2.75, 3.05) is 17.7 Å². The van der Waals surface area contributed by atoms with Crippen LogP contribution in [0.2, 0.25) is 10.0 Å². The fourth-order valence-electron chi connectivity index (χ4n) is 1.51. The maximum atomic E-state index is 12.0. The Morgan fingerprint density at radius 3 is 2.37 bits per heavy atom. The first kappa shape index (κ1) is 13.6. The Kier molecular flexibility index (Phi) is 4.24. The van der Waals surface area contributed by atoms with E-state index in [0.29, 0.717) is 27.1 Å². The summed E-state index contributed by atoms with van der Waals surface area (Å²) in [4.78, 5) is 16.0. The van der Waals surface area contributed by atoms with E-state index in [9.17, 15) is 4.79 Å². The zero-order chi connectivity index (χ0) is 13.8. The quantitative estimate of drug-likeness (QED) is 0.908. The van der Waals surface area contributed by atoms with Crippen molar-refractivity contribution in [2.24, 2.45) is 0 Å². The van der Waals surface area contributed by atoms with E-state index in [0.717, 1.165) is 0 Å². The molecule has 19 heavy (non-hydrogen) atoms. The highest BCUT2D eigenvalue weighted by atomic mass is 35.5. The lowest BCUT2D eigenvalue weighted by atomic mass is 10.2. The summed E-state index contributed by atoms with van der Waals surface area (Å²) >= 11 is 11.7. The van der Waals surface area contributed by atoms with Gasteiger partial charge in [0.1, 0.15) is 5.82 Å². The van der Waals surface area contributed by atoms with E-state index in [1.165, 1.54) is 6.20 Å². The number of nitrogens with zero attached hydrogens (tertiary/aromatic N) is 1. The lowest BCUT2D eigenvalue weighted by Crippen LogP contribution is -2.12. The summed E-state index contributed by atoms with van der Waals surface area (Å²) in [6.07, 6.45) is 1.49. The smallest absolute Gasteiger partial charge is 0.257 e. The molecular weight excluding hydrogens is 285 g/mol. The molecule has 0 unspecified atom stereocenters. The van der Waals surface area contributed by atoms with Gasteiger partial charge in [0.15, 0.2) is 0 Å². The highest BCUT2D eigenvalue weighted by Gasteiger charge is 2.07. The molecule has 4 nitrogen and oxygen atoms in total. The molecule has 1 heterocycles. The first-order chi connectivity index (χ1) is 9.08. The fourth-order valence-corrected chi connectivity index (χ4v) is 2.03. The van der Waals surface area contributed by atoms with Gasteiger partial charge >= 0.3 is 0 Å². The minimum atomic E-state index is -0.270. The molecule has 2 rings (SSSR count). The van der Waals surface area contributed by atoms with Gasteiger partial charge in [-0.15, -0.1) is 0 Å². The number of carbonyl (C=O) groups is 1. The van der Waals surface area contributed by atoms with E-state index in [1.807, 2.05) is 0 Å². The van der Waals surface area contributed by atoms with Crippen LogP contribution in [0.4, 0.5) is 11.5 Å². The molecule has 0 saturated heterocycles. The van der Waals surface area contributed by atoms with Crippen LogP contribution in [0, 0.1) is 0 Å². The Morgan fingerprint density at radius 1 is 1.16 bits per heavy atom. The van der Waals surface area contributed by atoms with Gasteiger partial charge in [0.2, 0.25) is 0 Å². The molecule has 1 aromatic heterocycles. The number of rotatable bonds is 3. The summed E-state index contributed by atoms with van der Waals surface area (Å²) in [5.74, 6) is 0.427. The molecule has 0 aliphatic carbocycles. The van der Waals surface area contributed by atoms with Gasteiger partial charge in [-0.05, 0) is 30.3 Å². The van der Waals surface area contributed by atoms with Crippen LogP contribution in [0.1, 0.15) is 10.4 Å². The van der Waals surface area contributed by atoms with Crippen molar-refractivity contribution in [3.8, 4) is 0 Å². The van der Waals surface area contributed by atoms with Crippen LogP contribution in [-0.4, -0.2) is 17.9 Å². The number of benzene rings is 1. The van der Waals surface area contributed by atoms with E-state index in [1.54, 1.807) is 37.4 Å². The molecule has 0 bridgehead atoms. The number of carbonyl (C=O) groups excluding carboxylic acids is 1. The van der Waals surface area contributed by atoms with Gasteiger partial charge in [0.25, 0.3) is 5.91 Å². The molecule has 98 valence electrons. The molecule has 0 fully saturated rings. The highest BCUT2D eigenvalue weighted by Crippen LogP contribution is 2.22. The Bertz CT molecular complexity index is 579. The summed E-state index contributed by atoms with van der Waals surface area (Å²) in [6.45, 7) is 0. The molecule has 0 aliphatic heterocycles. The lowest BCUT2D eigenvalue weighted by molar-refractivity contribution is 0.102. The van der Waals surface area contributed by atoms with Gasteiger partial charge in [-0.25, -0.2) is 4.98 Å². The van der Waals surface area contributed by atoms with E-state index in [2.05, 4.69) is 15.6 Å². The van der Waals surface area contributed by atoms with Crippen molar-refractivity contribution >= 4 is 40.6 Å². The zero-order valence-electron chi connectivity index (χ0n) is 10.1. The third-order valence-corrected chi connectivity index (χ3v) is 2.84. The monoisotopic (exact) mass is 295 g/mol. The van der Waals surface area contributed by atoms with Crippen LogP contribution in [0.3, 0.4) is 0 Å². The second-order valence-electron chi connectivity index (χ2n) is 3.79. The van der Waals surface area contributed by atoms with Crippen molar-refractivity contribution < 1.29 is 4.79 Å². The molecule has 6 heteroatoms. The minimum absolute atomic E-state index is 0.270. The van der Waals surface area contributed by atoms with Crippen molar-refractivity contribution in [3.63, 3.8) is 0 Å². The maximum Gasteiger partial charge on any atom is 0.257 e. The minimum Gasteiger partial charge on any atom is -0.373 e. The predicted octanol–water partition coefficient (Wildman–Crippen LogP) is 3.68. The Balaban J connectivity index is 2.15. The lowest BCUT2D eigenvalue weighted by Gasteiger charge is -2.06. The Morgan fingerprint density at radius 2 is 1.84 bits per heavy atom. The second-order valence-corrected chi connectivity index (χ2v) is 4.67. The van der Waals surface area contributed by atoms with Gasteiger partial charge in [-0.3, -0.25) is 4.79 Å². The molecule has 1 aromatic carbocycles. The number of hydrogen-bond acceptors (Lipinski definition) is 3. The van der Waals surface area contributed by atoms with Crippen LogP contribution in [0.5, 0.6) is 0 Å². The van der Waals surface area contributed by atoms with Gasteiger partial charge < -0.3 is 10.6 Å². The molecule has 1 amide bonds. The number of pyridine rings is 1. The second kappa shape index (κ2) is 5.91. The third kappa shape index (κ3) is 3.59. The number of amides is 1. The molecule has 0 atom stereocenters. The van der Waals surface area contributed by atoms with Crippen LogP contribution in [-0.2, 0) is 0 Å². The fraction of sp³-hybridized carbons (Fsp3) is 0.0769. The maximum absolute atomic E-state index is 12.0. The van der Waals surface area contributed by atoms with Gasteiger partial charge in [-0.2, -0.15) is 0 Å². The van der Waals surface area contributed by atoms with Crippen molar-refractivity contribution in [1.82, 2.24) is 4.98 Å². The van der Waals surface area contributed by atoms with Gasteiger partial charge in [-0.1, -0.05) is 23.2 Å². The molecule has 2 aromatic rings. The highest BCUT2D eigenvalue weighted by molar-refractivity contribution is 6.35. The molecule has 2 N–H and O–H groups in total. The van der Waals surface area contributed by atoms with E-state index >= 15 is 0 Å². The van der Waals surface area contributed by atoms with Crippen LogP contribution in [0.15, 0.2) is 36.5 Å². The summed E-state index contributed by atoms with van der Waals surface area (Å²) in [5, 5.41) is 6.52. The van der Waals surface area contributed by atoms with Gasteiger partial charge in [0.05, 0.1) is 5.56 Å². The molecule has 0 spiro atoms. The number of nitrogens with one attached hydrogen (secondary N) is 2. The zero-order valence-corrected chi connectivity index (χ0v) is 11.6. The normalized spacial score (nSPS) is 10.1. The van der Waals surface area contributed by atoms with E-state index < -0.39 is 0 Å². The molecule has 0 radical (unpaired) electrons. The standard InChI is InChI=1S/C13H11Cl2N3O/c1-16-12-3-2-8(7-17-12)13(19)18-11-5-9(14)4-10(15)6-11/h2-7H,1H3,(H,16,17)(H,18,19). The Labute approximate surface area is 120 Å². The topological polar surface area (TPSA) is 54.0 Å². The number of anilines is 2. The van der Waals surface area contributed by atoms with Crippen molar-refractivity contribution in [3.05, 3.63) is 52.1 Å². The van der Waals surface area contributed by atoms with E-state index in [4.69, 9.17) is 23.2 Å². The van der Waals surface area contributed by atoms with Crippen LogP contribution in [0.25, 0.3) is 0 Å². The van der Waals surface area contributed by atoms with Crippen LogP contribution >= 0.6 is 23.2 Å². The first-order valence-electron chi connectivity index (χ1n) is 5.50. The van der Waals surface area contributed by atoms with Gasteiger partial charge in [0, 0.05) is 29.0 Å². The summed E-state index contributed by atoms with van der Waals surface area (Å²) in [5.41, 5.74) is 0.996. The van der Waals surface area contributed by atoms with Crippen LogP contribution < -0.4 is 10.6 Å².